The molecule has 0 aromatic heterocycles. The average molecular weight is 707 g/mol. The SMILES string of the molecule is CC(C)=CCC1=C(c2ccc(O)cc2O)Oc2c(c(O)cc(O)c2C2C=C(C)CC(c3ccc(O)cc3O)C2C(=O)c2ccc(O)cc2O)CC1=O. The molecule has 0 bridgehead atoms. The van der Waals surface area contributed by atoms with Gasteiger partial charge in [-0.3, -0.25) is 9.59 Å². The fourth-order valence-electron chi connectivity index (χ4n) is 7.17. The van der Waals surface area contributed by atoms with Crippen molar-refractivity contribution in [3.63, 3.8) is 0 Å². The van der Waals surface area contributed by atoms with Crippen molar-refractivity contribution >= 4 is 17.3 Å². The molecule has 3 atom stereocenters. The highest BCUT2D eigenvalue weighted by atomic mass is 16.5. The van der Waals surface area contributed by atoms with Gasteiger partial charge in [-0.1, -0.05) is 29.4 Å². The molecule has 2 aliphatic rings. The Balaban J connectivity index is 1.63. The van der Waals surface area contributed by atoms with Crippen molar-refractivity contribution < 1.29 is 55.2 Å². The minimum absolute atomic E-state index is 0.0127. The fraction of sp³-hybridized carbons (Fsp3) is 0.220. The molecule has 268 valence electrons. The second kappa shape index (κ2) is 13.7. The molecule has 0 radical (unpaired) electrons. The van der Waals surface area contributed by atoms with Crippen LogP contribution in [-0.2, 0) is 11.2 Å². The Morgan fingerprint density at radius 1 is 0.788 bits per heavy atom. The first-order valence-corrected chi connectivity index (χ1v) is 16.6. The van der Waals surface area contributed by atoms with E-state index >= 15 is 0 Å². The summed E-state index contributed by atoms with van der Waals surface area (Å²) < 4.78 is 6.58. The van der Waals surface area contributed by atoms with Crippen LogP contribution in [0.2, 0.25) is 0 Å². The van der Waals surface area contributed by atoms with E-state index in [2.05, 4.69) is 0 Å². The van der Waals surface area contributed by atoms with E-state index in [1.54, 1.807) is 19.1 Å². The monoisotopic (exact) mass is 706 g/mol. The molecular formula is C41H38O11. The molecule has 4 aromatic rings. The molecule has 0 saturated heterocycles. The maximum atomic E-state index is 14.7. The second-order valence-electron chi connectivity index (χ2n) is 13.5. The van der Waals surface area contributed by atoms with E-state index in [1.807, 2.05) is 13.8 Å². The van der Waals surface area contributed by atoms with Gasteiger partial charge in [-0.15, -0.1) is 0 Å². The van der Waals surface area contributed by atoms with E-state index in [0.717, 1.165) is 35.4 Å². The zero-order valence-corrected chi connectivity index (χ0v) is 28.6. The van der Waals surface area contributed by atoms with E-state index in [0.29, 0.717) is 5.56 Å². The van der Waals surface area contributed by atoms with E-state index < -0.39 is 52.3 Å². The van der Waals surface area contributed by atoms with Gasteiger partial charge in [0.05, 0.1) is 11.1 Å². The van der Waals surface area contributed by atoms with Crippen molar-refractivity contribution in [1.29, 1.82) is 0 Å². The lowest BCUT2D eigenvalue weighted by Gasteiger charge is -2.38. The molecular weight excluding hydrogens is 668 g/mol. The molecule has 0 fully saturated rings. The highest BCUT2D eigenvalue weighted by molar-refractivity contribution is 6.05. The smallest absolute Gasteiger partial charge is 0.171 e. The Kier molecular flexibility index (Phi) is 9.38. The van der Waals surface area contributed by atoms with Crippen LogP contribution >= 0.6 is 0 Å². The van der Waals surface area contributed by atoms with Gasteiger partial charge in [0.25, 0.3) is 0 Å². The molecule has 11 nitrogen and oxygen atoms in total. The minimum atomic E-state index is -1.18. The van der Waals surface area contributed by atoms with E-state index in [-0.39, 0.29) is 81.6 Å². The summed E-state index contributed by atoms with van der Waals surface area (Å²) in [5.74, 6) is -7.24. The topological polar surface area (TPSA) is 205 Å². The Labute approximate surface area is 299 Å². The number of hydrogen-bond acceptors (Lipinski definition) is 11. The quantitative estimate of drug-likeness (QED) is 0.0706. The highest BCUT2D eigenvalue weighted by Crippen LogP contribution is 2.55. The number of phenols is 8. The van der Waals surface area contributed by atoms with Gasteiger partial charge < -0.3 is 45.6 Å². The predicted octanol–water partition coefficient (Wildman–Crippen LogP) is 7.32. The van der Waals surface area contributed by atoms with Gasteiger partial charge in [-0.25, -0.2) is 0 Å². The maximum Gasteiger partial charge on any atom is 0.171 e. The third-order valence-corrected chi connectivity index (χ3v) is 9.59. The number of Topliss-reactive ketones (excluding diaryl/α,β-unsaturated/α-hetero) is 2. The zero-order chi connectivity index (χ0) is 37.6. The first-order valence-electron chi connectivity index (χ1n) is 16.6. The van der Waals surface area contributed by atoms with Gasteiger partial charge in [0.1, 0.15) is 57.5 Å². The molecule has 8 N–H and O–H groups in total. The zero-order valence-electron chi connectivity index (χ0n) is 28.6. The summed E-state index contributed by atoms with van der Waals surface area (Å²) in [4.78, 5) is 28.7. The van der Waals surface area contributed by atoms with Gasteiger partial charge in [0, 0.05) is 65.1 Å². The molecule has 1 aliphatic heterocycles. The number of phenolic OH excluding ortho intramolecular Hbond substituents is 8. The lowest BCUT2D eigenvalue weighted by molar-refractivity contribution is -0.115. The van der Waals surface area contributed by atoms with Gasteiger partial charge >= 0.3 is 0 Å². The molecule has 11 heteroatoms. The summed E-state index contributed by atoms with van der Waals surface area (Å²) in [7, 11) is 0. The lowest BCUT2D eigenvalue weighted by atomic mass is 9.65. The molecule has 52 heavy (non-hydrogen) atoms. The number of aromatic hydroxyl groups is 8. The predicted molar refractivity (Wildman–Crippen MR) is 191 cm³/mol. The maximum absolute atomic E-state index is 14.7. The van der Waals surface area contributed by atoms with Crippen LogP contribution in [-0.4, -0.2) is 52.4 Å². The van der Waals surface area contributed by atoms with Crippen LogP contribution < -0.4 is 4.74 Å². The number of fused-ring (bicyclic) bond motifs is 1. The summed E-state index contributed by atoms with van der Waals surface area (Å²) in [6.07, 6.45) is 3.48. The number of hydrogen-bond donors (Lipinski definition) is 8. The first kappa shape index (κ1) is 35.5. The van der Waals surface area contributed by atoms with Crippen LogP contribution in [0.5, 0.6) is 51.7 Å². The number of carbonyl (C=O) groups excluding carboxylic acids is 2. The van der Waals surface area contributed by atoms with Crippen molar-refractivity contribution in [1.82, 2.24) is 0 Å². The number of ether oxygens (including phenoxy) is 1. The summed E-state index contributed by atoms with van der Waals surface area (Å²) >= 11 is 0. The second-order valence-corrected chi connectivity index (χ2v) is 13.5. The summed E-state index contributed by atoms with van der Waals surface area (Å²) in [6, 6.07) is 12.4. The van der Waals surface area contributed by atoms with Crippen molar-refractivity contribution in [2.45, 2.75) is 51.9 Å². The third kappa shape index (κ3) is 6.60. The Hall–Kier alpha value is -6.36. The molecule has 0 spiro atoms. The average Bonchev–Trinajstić information content (AvgIpc) is 3.19. The standard InChI is InChI=1S/C41H38O11/c1-19(2)4-8-26-34(48)17-29-35(49)18-36(50)38(41(29)52-40(26)27-11-7-23(44)16-33(27)47)30-13-20(3)12-28(24-9-5-21(42)14-31(24)45)37(30)39(51)25-10-6-22(43)15-32(25)46/h4-7,9-11,13-16,18,28,30,37,42-47,49-50H,8,12,17H2,1-3H3. The molecule has 0 amide bonds. The Morgan fingerprint density at radius 2 is 1.42 bits per heavy atom. The lowest BCUT2D eigenvalue weighted by Crippen LogP contribution is -2.32. The molecule has 0 saturated carbocycles. The van der Waals surface area contributed by atoms with E-state index in [1.165, 1.54) is 36.4 Å². The number of benzene rings is 4. The highest BCUT2D eigenvalue weighted by Gasteiger charge is 2.44. The number of rotatable bonds is 7. The number of allylic oxidation sites excluding steroid dienone is 5. The van der Waals surface area contributed by atoms with Gasteiger partial charge in [-0.2, -0.15) is 0 Å². The molecule has 1 aliphatic carbocycles. The van der Waals surface area contributed by atoms with Gasteiger partial charge in [0.2, 0.25) is 0 Å². The first-order chi connectivity index (χ1) is 24.6. The summed E-state index contributed by atoms with van der Waals surface area (Å²) in [6.45, 7) is 5.49. The van der Waals surface area contributed by atoms with Crippen molar-refractivity contribution in [2.24, 2.45) is 5.92 Å². The van der Waals surface area contributed by atoms with Crippen molar-refractivity contribution in [3.05, 3.63) is 117 Å². The van der Waals surface area contributed by atoms with Crippen LogP contribution in [0.25, 0.3) is 5.76 Å². The number of ketones is 2. The summed E-state index contributed by atoms with van der Waals surface area (Å²) in [5.41, 5.74) is 2.00. The van der Waals surface area contributed by atoms with E-state index in [4.69, 9.17) is 4.74 Å². The largest absolute Gasteiger partial charge is 0.508 e. The Bertz CT molecular complexity index is 2220. The fourth-order valence-corrected chi connectivity index (χ4v) is 7.17. The van der Waals surface area contributed by atoms with Crippen LogP contribution in [0.1, 0.15) is 78.1 Å². The van der Waals surface area contributed by atoms with Crippen LogP contribution in [0.4, 0.5) is 0 Å². The minimum Gasteiger partial charge on any atom is -0.508 e. The normalized spacial score (nSPS) is 18.6. The van der Waals surface area contributed by atoms with Crippen molar-refractivity contribution in [3.8, 4) is 51.7 Å². The van der Waals surface area contributed by atoms with Crippen LogP contribution in [0.3, 0.4) is 0 Å². The van der Waals surface area contributed by atoms with E-state index in [9.17, 15) is 50.4 Å². The van der Waals surface area contributed by atoms with Gasteiger partial charge in [0.15, 0.2) is 11.6 Å². The van der Waals surface area contributed by atoms with Crippen LogP contribution in [0, 0.1) is 5.92 Å². The molecule has 1 heterocycles. The third-order valence-electron chi connectivity index (χ3n) is 9.59. The molecule has 6 rings (SSSR count). The Morgan fingerprint density at radius 3 is 2.06 bits per heavy atom. The van der Waals surface area contributed by atoms with Gasteiger partial charge in [-0.05, 0) is 69.5 Å². The summed E-state index contributed by atoms with van der Waals surface area (Å²) in [5, 5.41) is 85.9. The number of carbonyl (C=O) groups is 2. The van der Waals surface area contributed by atoms with Crippen molar-refractivity contribution in [2.75, 3.05) is 0 Å². The molecule has 4 aromatic carbocycles. The van der Waals surface area contributed by atoms with Crippen LogP contribution in [0.15, 0.2) is 89.5 Å². The molecule has 3 unspecified atom stereocenters.